The molecule has 1 aromatic rings. The van der Waals surface area contributed by atoms with Crippen molar-refractivity contribution in [3.8, 4) is 0 Å². The average molecular weight is 319 g/mol. The highest BCUT2D eigenvalue weighted by Gasteiger charge is 2.61. The van der Waals surface area contributed by atoms with E-state index in [0.29, 0.717) is 0 Å². The summed E-state index contributed by atoms with van der Waals surface area (Å²) in [5.74, 6) is -6.72. The summed E-state index contributed by atoms with van der Waals surface area (Å²) in [5.41, 5.74) is 0. The summed E-state index contributed by atoms with van der Waals surface area (Å²) in [4.78, 5) is 11.1. The molecule has 0 aliphatic carbocycles. The van der Waals surface area contributed by atoms with Crippen molar-refractivity contribution in [2.24, 2.45) is 0 Å². The lowest BCUT2D eigenvalue weighted by Crippen LogP contribution is -2.47. The molecule has 0 bridgehead atoms. The monoisotopic (exact) mass is 319 g/mol. The van der Waals surface area contributed by atoms with Crippen LogP contribution in [-0.4, -0.2) is 36.7 Å². The summed E-state index contributed by atoms with van der Waals surface area (Å²) in [7, 11) is -6.55. The molecule has 0 fully saturated rings. The maximum atomic E-state index is 12.9. The van der Waals surface area contributed by atoms with Crippen LogP contribution < -0.4 is 0 Å². The topological polar surface area (TPSA) is 96.6 Å². The standard InChI is InChI=1S/C9H8F4O6S/c10-8(11,9(12,13)20(15,16)17)3-5-19-7(14)6-2-1-4-18-6/h1-2,4H,3,5H2,(H,15,16,17)/p-1. The van der Waals surface area contributed by atoms with E-state index in [-0.39, 0.29) is 5.76 Å². The number of rotatable bonds is 6. The van der Waals surface area contributed by atoms with Gasteiger partial charge in [-0.05, 0) is 12.1 Å². The second-order valence-electron chi connectivity index (χ2n) is 3.54. The Balaban J connectivity index is 2.63. The van der Waals surface area contributed by atoms with E-state index in [1.807, 2.05) is 0 Å². The lowest BCUT2D eigenvalue weighted by Gasteiger charge is -2.28. The number of carbonyl (C=O) groups excluding carboxylic acids is 1. The Kier molecular flexibility index (Phi) is 4.44. The predicted octanol–water partition coefficient (Wildman–Crippen LogP) is 1.60. The lowest BCUT2D eigenvalue weighted by atomic mass is 10.2. The highest BCUT2D eigenvalue weighted by Crippen LogP contribution is 2.40. The van der Waals surface area contributed by atoms with Gasteiger partial charge in [0.25, 0.3) is 0 Å². The van der Waals surface area contributed by atoms with Crippen LogP contribution in [0.5, 0.6) is 0 Å². The normalized spacial score (nSPS) is 13.2. The van der Waals surface area contributed by atoms with Crippen LogP contribution in [0.1, 0.15) is 17.0 Å². The second kappa shape index (κ2) is 5.40. The first-order valence-electron chi connectivity index (χ1n) is 4.91. The third kappa shape index (κ3) is 3.28. The number of hydrogen-bond acceptors (Lipinski definition) is 6. The largest absolute Gasteiger partial charge is 0.743 e. The molecule has 0 radical (unpaired) electrons. The van der Waals surface area contributed by atoms with Crippen molar-refractivity contribution in [1.29, 1.82) is 0 Å². The molecular weight excluding hydrogens is 312 g/mol. The molecule has 0 saturated heterocycles. The van der Waals surface area contributed by atoms with Gasteiger partial charge in [-0.1, -0.05) is 0 Å². The molecule has 0 N–H and O–H groups in total. The minimum absolute atomic E-state index is 0.350. The first-order chi connectivity index (χ1) is 8.99. The van der Waals surface area contributed by atoms with Crippen molar-refractivity contribution >= 4 is 16.1 Å². The molecule has 0 saturated carbocycles. The summed E-state index contributed by atoms with van der Waals surface area (Å²) in [6, 6.07) is 2.43. The van der Waals surface area contributed by atoms with Gasteiger partial charge in [0, 0.05) is 0 Å². The van der Waals surface area contributed by atoms with Gasteiger partial charge in [-0.3, -0.25) is 0 Å². The molecule has 0 aliphatic heterocycles. The Morgan fingerprint density at radius 1 is 1.35 bits per heavy atom. The van der Waals surface area contributed by atoms with E-state index >= 15 is 0 Å². The van der Waals surface area contributed by atoms with Crippen molar-refractivity contribution < 1.29 is 44.5 Å². The summed E-state index contributed by atoms with van der Waals surface area (Å²) < 4.78 is 90.2. The van der Waals surface area contributed by atoms with E-state index in [9.17, 15) is 35.3 Å². The van der Waals surface area contributed by atoms with Gasteiger partial charge in [-0.25, -0.2) is 13.2 Å². The molecular formula is C9H7F4O6S-. The quantitative estimate of drug-likeness (QED) is 0.449. The molecule has 0 aliphatic rings. The highest BCUT2D eigenvalue weighted by molar-refractivity contribution is 7.86. The zero-order chi connectivity index (χ0) is 15.6. The van der Waals surface area contributed by atoms with Gasteiger partial charge in [0.1, 0.15) is 0 Å². The van der Waals surface area contributed by atoms with Crippen molar-refractivity contribution in [3.05, 3.63) is 24.2 Å². The molecule has 0 aromatic carbocycles. The molecule has 1 heterocycles. The lowest BCUT2D eigenvalue weighted by molar-refractivity contribution is -0.168. The van der Waals surface area contributed by atoms with Gasteiger partial charge in [0.15, 0.2) is 10.1 Å². The third-order valence-electron chi connectivity index (χ3n) is 2.11. The fraction of sp³-hybridized carbons (Fsp3) is 0.444. The van der Waals surface area contributed by atoms with Crippen LogP contribution in [0.4, 0.5) is 17.6 Å². The number of alkyl halides is 4. The zero-order valence-corrected chi connectivity index (χ0v) is 10.3. The van der Waals surface area contributed by atoms with Gasteiger partial charge in [-0.15, -0.1) is 0 Å². The van der Waals surface area contributed by atoms with E-state index in [2.05, 4.69) is 9.15 Å². The second-order valence-corrected chi connectivity index (χ2v) is 4.96. The van der Waals surface area contributed by atoms with Crippen LogP contribution in [0.25, 0.3) is 0 Å². The van der Waals surface area contributed by atoms with E-state index in [0.717, 1.165) is 12.3 Å². The maximum absolute atomic E-state index is 12.9. The highest BCUT2D eigenvalue weighted by atomic mass is 32.2. The molecule has 11 heteroatoms. The van der Waals surface area contributed by atoms with Crippen LogP contribution in [0.15, 0.2) is 22.8 Å². The summed E-state index contributed by atoms with van der Waals surface area (Å²) >= 11 is 0. The smallest absolute Gasteiger partial charge is 0.396 e. The molecule has 0 atom stereocenters. The Morgan fingerprint density at radius 2 is 1.95 bits per heavy atom. The number of esters is 1. The summed E-state index contributed by atoms with van der Waals surface area (Å²) in [5, 5.41) is -5.79. The Labute approximate surface area is 110 Å². The van der Waals surface area contributed by atoms with Gasteiger partial charge >= 0.3 is 17.1 Å². The van der Waals surface area contributed by atoms with Crippen LogP contribution in [-0.2, 0) is 14.9 Å². The first-order valence-corrected chi connectivity index (χ1v) is 6.31. The van der Waals surface area contributed by atoms with Gasteiger partial charge in [0.05, 0.1) is 19.3 Å². The number of hydrogen-bond donors (Lipinski definition) is 0. The molecule has 0 unspecified atom stereocenters. The molecule has 20 heavy (non-hydrogen) atoms. The number of ether oxygens (including phenoxy) is 1. The molecule has 1 aromatic heterocycles. The summed E-state index contributed by atoms with van der Waals surface area (Å²) in [6.45, 7) is -1.22. The van der Waals surface area contributed by atoms with E-state index < -0.39 is 40.3 Å². The summed E-state index contributed by atoms with van der Waals surface area (Å²) in [6.07, 6.45) is -0.753. The van der Waals surface area contributed by atoms with Crippen LogP contribution >= 0.6 is 0 Å². The SMILES string of the molecule is O=C(OCCC(F)(F)C(F)(F)S(=O)(=O)[O-])c1ccco1. The van der Waals surface area contributed by atoms with E-state index in [4.69, 9.17) is 0 Å². The van der Waals surface area contributed by atoms with Crippen molar-refractivity contribution in [1.82, 2.24) is 0 Å². The van der Waals surface area contributed by atoms with Crippen molar-refractivity contribution in [2.45, 2.75) is 17.6 Å². The number of halogens is 4. The van der Waals surface area contributed by atoms with Crippen LogP contribution in [0.3, 0.4) is 0 Å². The van der Waals surface area contributed by atoms with Crippen molar-refractivity contribution in [2.75, 3.05) is 6.61 Å². The van der Waals surface area contributed by atoms with Crippen LogP contribution in [0, 0.1) is 0 Å². The molecule has 114 valence electrons. The van der Waals surface area contributed by atoms with E-state index in [1.165, 1.54) is 6.07 Å². The Morgan fingerprint density at radius 3 is 2.40 bits per heavy atom. The Bertz CT molecular complexity index is 565. The fourth-order valence-electron chi connectivity index (χ4n) is 1.07. The molecule has 0 spiro atoms. The zero-order valence-electron chi connectivity index (χ0n) is 9.52. The first kappa shape index (κ1) is 16.4. The fourth-order valence-corrected chi connectivity index (χ4v) is 1.53. The van der Waals surface area contributed by atoms with Gasteiger partial charge in [0.2, 0.25) is 5.76 Å². The van der Waals surface area contributed by atoms with Gasteiger partial charge < -0.3 is 13.7 Å². The number of carbonyl (C=O) groups is 1. The van der Waals surface area contributed by atoms with Crippen LogP contribution in [0.2, 0.25) is 0 Å². The number of furan rings is 1. The maximum Gasteiger partial charge on any atom is 0.396 e. The minimum Gasteiger partial charge on any atom is -0.743 e. The minimum atomic E-state index is -6.55. The third-order valence-corrected chi connectivity index (χ3v) is 3.04. The van der Waals surface area contributed by atoms with Gasteiger partial charge in [-0.2, -0.15) is 17.6 Å². The molecule has 6 nitrogen and oxygen atoms in total. The molecule has 1 rings (SSSR count). The van der Waals surface area contributed by atoms with Crippen molar-refractivity contribution in [3.63, 3.8) is 0 Å². The average Bonchev–Trinajstić information content (AvgIpc) is 2.80. The van der Waals surface area contributed by atoms with E-state index in [1.54, 1.807) is 0 Å². The predicted molar refractivity (Wildman–Crippen MR) is 53.2 cm³/mol. The Hall–Kier alpha value is -1.62. The molecule has 0 amide bonds.